The molecule has 0 aliphatic heterocycles. The van der Waals surface area contributed by atoms with Crippen LogP contribution in [0.25, 0.3) is 0 Å². The van der Waals surface area contributed by atoms with Gasteiger partial charge in [0.25, 0.3) is 0 Å². The first-order valence-electron chi connectivity index (χ1n) is 5.52. The Morgan fingerprint density at radius 3 is 2.61 bits per heavy atom. The number of aryl methyl sites for hydroxylation is 1. The molecule has 2 nitrogen and oxygen atoms in total. The molecule has 2 aromatic rings. The number of benzene rings is 2. The lowest BCUT2D eigenvalue weighted by molar-refractivity contribution is 0.476. The third-order valence-electron chi connectivity index (χ3n) is 2.60. The summed E-state index contributed by atoms with van der Waals surface area (Å²) in [5.74, 6) is 0.597. The molecule has 0 saturated carbocycles. The van der Waals surface area contributed by atoms with Crippen molar-refractivity contribution in [2.45, 2.75) is 13.5 Å². The van der Waals surface area contributed by atoms with Gasteiger partial charge in [0, 0.05) is 12.6 Å². The zero-order valence-corrected chi connectivity index (χ0v) is 10.7. The van der Waals surface area contributed by atoms with E-state index in [2.05, 4.69) is 0 Å². The molecule has 0 amide bonds. The van der Waals surface area contributed by atoms with Gasteiger partial charge < -0.3 is 10.5 Å². The van der Waals surface area contributed by atoms with Gasteiger partial charge in [-0.15, -0.1) is 0 Å². The average molecular weight is 266 g/mol. The molecule has 4 heteroatoms. The van der Waals surface area contributed by atoms with Crippen LogP contribution in [0.1, 0.15) is 11.1 Å². The van der Waals surface area contributed by atoms with E-state index in [9.17, 15) is 4.39 Å². The number of ether oxygens (including phenoxy) is 1. The predicted octanol–water partition coefficient (Wildman–Crippen LogP) is 4.04. The van der Waals surface area contributed by atoms with Gasteiger partial charge >= 0.3 is 0 Å². The van der Waals surface area contributed by atoms with Crippen LogP contribution in [0.2, 0.25) is 5.02 Å². The standard InChI is InChI=1S/C14H13ClFNO/c1-9-2-4-11(7-13(9)16)18-14-5-3-10(8-17)6-12(14)15/h2-7H,8,17H2,1H3. The third-order valence-corrected chi connectivity index (χ3v) is 2.90. The smallest absolute Gasteiger partial charge is 0.146 e. The Bertz CT molecular complexity index is 572. The van der Waals surface area contributed by atoms with Gasteiger partial charge in [-0.3, -0.25) is 0 Å². The van der Waals surface area contributed by atoms with Crippen LogP contribution in [0, 0.1) is 12.7 Å². The molecular formula is C14H13ClFNO. The van der Waals surface area contributed by atoms with Gasteiger partial charge in [-0.05, 0) is 36.2 Å². The van der Waals surface area contributed by atoms with Crippen LogP contribution >= 0.6 is 11.6 Å². The number of halogens is 2. The van der Waals surface area contributed by atoms with Crippen LogP contribution in [0.15, 0.2) is 36.4 Å². The Kier molecular flexibility index (Phi) is 3.84. The molecule has 0 atom stereocenters. The quantitative estimate of drug-likeness (QED) is 0.909. The monoisotopic (exact) mass is 265 g/mol. The van der Waals surface area contributed by atoms with Crippen LogP contribution < -0.4 is 10.5 Å². The molecule has 0 heterocycles. The highest BCUT2D eigenvalue weighted by Gasteiger charge is 2.06. The number of nitrogens with two attached hydrogens (primary N) is 1. The molecule has 0 aromatic heterocycles. The predicted molar refractivity (Wildman–Crippen MR) is 70.6 cm³/mol. The largest absolute Gasteiger partial charge is 0.456 e. The fraction of sp³-hybridized carbons (Fsp3) is 0.143. The van der Waals surface area contributed by atoms with Gasteiger partial charge in [0.2, 0.25) is 0 Å². The van der Waals surface area contributed by atoms with Crippen LogP contribution in [0.4, 0.5) is 4.39 Å². The van der Waals surface area contributed by atoms with Crippen molar-refractivity contribution in [3.63, 3.8) is 0 Å². The molecular weight excluding hydrogens is 253 g/mol. The van der Waals surface area contributed by atoms with Crippen LogP contribution in [0.3, 0.4) is 0 Å². The van der Waals surface area contributed by atoms with Gasteiger partial charge in [-0.1, -0.05) is 23.7 Å². The minimum atomic E-state index is -0.304. The van der Waals surface area contributed by atoms with E-state index in [1.165, 1.54) is 6.07 Å². The summed E-state index contributed by atoms with van der Waals surface area (Å²) in [6.07, 6.45) is 0. The van der Waals surface area contributed by atoms with E-state index in [0.29, 0.717) is 28.6 Å². The maximum absolute atomic E-state index is 13.4. The molecule has 18 heavy (non-hydrogen) atoms. The minimum absolute atomic E-state index is 0.304. The highest BCUT2D eigenvalue weighted by Crippen LogP contribution is 2.30. The summed E-state index contributed by atoms with van der Waals surface area (Å²) >= 11 is 6.05. The van der Waals surface area contributed by atoms with E-state index >= 15 is 0 Å². The summed E-state index contributed by atoms with van der Waals surface area (Å²) in [4.78, 5) is 0. The van der Waals surface area contributed by atoms with E-state index in [1.807, 2.05) is 6.07 Å². The van der Waals surface area contributed by atoms with Gasteiger partial charge in [0.05, 0.1) is 5.02 Å². The first kappa shape index (κ1) is 12.9. The van der Waals surface area contributed by atoms with Crippen LogP contribution in [0.5, 0.6) is 11.5 Å². The van der Waals surface area contributed by atoms with Crippen molar-refractivity contribution in [2.75, 3.05) is 0 Å². The van der Waals surface area contributed by atoms with Crippen molar-refractivity contribution in [2.24, 2.45) is 5.73 Å². The molecule has 0 bridgehead atoms. The maximum Gasteiger partial charge on any atom is 0.146 e. The van der Waals surface area contributed by atoms with Crippen molar-refractivity contribution in [3.05, 3.63) is 58.4 Å². The van der Waals surface area contributed by atoms with Gasteiger partial charge in [0.15, 0.2) is 0 Å². The molecule has 0 radical (unpaired) electrons. The molecule has 2 rings (SSSR count). The lowest BCUT2D eigenvalue weighted by Crippen LogP contribution is -1.96. The molecule has 94 valence electrons. The van der Waals surface area contributed by atoms with E-state index < -0.39 is 0 Å². The summed E-state index contributed by atoms with van der Waals surface area (Å²) in [6, 6.07) is 9.98. The van der Waals surface area contributed by atoms with E-state index in [-0.39, 0.29) is 5.82 Å². The Labute approximate surface area is 110 Å². The van der Waals surface area contributed by atoms with Crippen molar-refractivity contribution in [3.8, 4) is 11.5 Å². The normalized spacial score (nSPS) is 10.4. The second-order valence-electron chi connectivity index (χ2n) is 3.98. The van der Waals surface area contributed by atoms with Crippen molar-refractivity contribution >= 4 is 11.6 Å². The molecule has 2 aromatic carbocycles. The topological polar surface area (TPSA) is 35.2 Å². The molecule has 0 spiro atoms. The first-order chi connectivity index (χ1) is 8.60. The van der Waals surface area contributed by atoms with Gasteiger partial charge in [-0.2, -0.15) is 0 Å². The SMILES string of the molecule is Cc1ccc(Oc2ccc(CN)cc2Cl)cc1F. The fourth-order valence-electron chi connectivity index (χ4n) is 1.52. The number of hydrogen-bond acceptors (Lipinski definition) is 2. The second kappa shape index (κ2) is 5.38. The highest BCUT2D eigenvalue weighted by molar-refractivity contribution is 6.32. The summed E-state index contributed by atoms with van der Waals surface area (Å²) in [5.41, 5.74) is 7.00. The number of rotatable bonds is 3. The number of hydrogen-bond donors (Lipinski definition) is 1. The van der Waals surface area contributed by atoms with E-state index in [4.69, 9.17) is 22.1 Å². The molecule has 0 unspecified atom stereocenters. The lowest BCUT2D eigenvalue weighted by atomic mass is 10.2. The van der Waals surface area contributed by atoms with E-state index in [0.717, 1.165) is 5.56 Å². The Balaban J connectivity index is 2.25. The summed E-state index contributed by atoms with van der Waals surface area (Å²) in [6.45, 7) is 2.11. The van der Waals surface area contributed by atoms with Gasteiger partial charge in [0.1, 0.15) is 17.3 Å². The van der Waals surface area contributed by atoms with Gasteiger partial charge in [-0.25, -0.2) is 4.39 Å². The highest BCUT2D eigenvalue weighted by atomic mass is 35.5. The van der Waals surface area contributed by atoms with E-state index in [1.54, 1.807) is 31.2 Å². The van der Waals surface area contributed by atoms with Crippen molar-refractivity contribution in [1.82, 2.24) is 0 Å². The second-order valence-corrected chi connectivity index (χ2v) is 4.39. The Hall–Kier alpha value is -1.58. The molecule has 0 fully saturated rings. The Morgan fingerprint density at radius 1 is 1.22 bits per heavy atom. The van der Waals surface area contributed by atoms with Crippen LogP contribution in [-0.4, -0.2) is 0 Å². The van der Waals surface area contributed by atoms with Crippen LogP contribution in [-0.2, 0) is 6.54 Å². The summed E-state index contributed by atoms with van der Waals surface area (Å²) < 4.78 is 18.9. The molecule has 2 N–H and O–H groups in total. The third kappa shape index (κ3) is 2.81. The Morgan fingerprint density at radius 2 is 2.00 bits per heavy atom. The average Bonchev–Trinajstić information content (AvgIpc) is 2.36. The van der Waals surface area contributed by atoms with Crippen molar-refractivity contribution < 1.29 is 9.13 Å². The first-order valence-corrected chi connectivity index (χ1v) is 5.90. The summed E-state index contributed by atoms with van der Waals surface area (Å²) in [7, 11) is 0. The fourth-order valence-corrected chi connectivity index (χ4v) is 1.76. The molecule has 0 saturated heterocycles. The minimum Gasteiger partial charge on any atom is -0.456 e. The zero-order valence-electron chi connectivity index (χ0n) is 9.91. The molecule has 0 aliphatic rings. The van der Waals surface area contributed by atoms with Crippen molar-refractivity contribution in [1.29, 1.82) is 0 Å². The summed E-state index contributed by atoms with van der Waals surface area (Å²) in [5, 5.41) is 0.457. The maximum atomic E-state index is 13.4. The zero-order chi connectivity index (χ0) is 13.1. The lowest BCUT2D eigenvalue weighted by Gasteiger charge is -2.09. The molecule has 0 aliphatic carbocycles.